The molecule has 0 bridgehead atoms. The standard InChI is InChI=1S/C15H12N2.C13H11N.C2H4N2.CH2Cl2.ClH/c16-11-12-17-15(13-7-3-1-4-8-13)14-9-5-2-6-10-14;14-13(11-7-3-1-4-8-11)12-9-5-2-6-10-12;3-1-2-4;2-1-3;/h1-10H,12H2;1-10,14H;1,3H2;1H2;1H. The average Bonchev–Trinajstić information content (AvgIpc) is 3.00. The monoisotopic (exact) mass is 577 g/mol. The lowest BCUT2D eigenvalue weighted by Crippen LogP contribution is -2.03. The minimum atomic E-state index is 0. The van der Waals surface area contributed by atoms with Gasteiger partial charge in [-0.25, -0.2) is 0 Å². The number of rotatable bonds is 5. The molecule has 200 valence electrons. The van der Waals surface area contributed by atoms with E-state index in [0.29, 0.717) is 5.71 Å². The maximum absolute atomic E-state index is 8.65. The Morgan fingerprint density at radius 1 is 0.641 bits per heavy atom. The number of alkyl halides is 2. The summed E-state index contributed by atoms with van der Waals surface area (Å²) in [4.78, 5) is 4.34. The SMILES string of the molecule is Cl.ClCCl.N#CCN.N#CCN=C(c1ccccc1)c1ccccc1.N=C(c1ccccc1)c1ccccc1. The van der Waals surface area contributed by atoms with Crippen LogP contribution in [0.4, 0.5) is 0 Å². The Morgan fingerprint density at radius 3 is 1.18 bits per heavy atom. The lowest BCUT2D eigenvalue weighted by molar-refractivity contribution is 1.23. The lowest BCUT2D eigenvalue weighted by atomic mass is 10.0. The molecular formula is C31H30Cl3N5. The van der Waals surface area contributed by atoms with Gasteiger partial charge in [-0.05, 0) is 11.1 Å². The van der Waals surface area contributed by atoms with Crippen molar-refractivity contribution in [2.75, 3.05) is 18.4 Å². The summed E-state index contributed by atoms with van der Waals surface area (Å²) < 4.78 is 0. The van der Waals surface area contributed by atoms with Crippen molar-refractivity contribution in [2.24, 2.45) is 10.7 Å². The van der Waals surface area contributed by atoms with Gasteiger partial charge in [0.15, 0.2) is 0 Å². The Kier molecular flexibility index (Phi) is 20.8. The van der Waals surface area contributed by atoms with Gasteiger partial charge in [0.1, 0.15) is 6.54 Å². The van der Waals surface area contributed by atoms with Gasteiger partial charge in [-0.2, -0.15) is 10.5 Å². The largest absolute Gasteiger partial charge is 0.318 e. The van der Waals surface area contributed by atoms with Crippen molar-refractivity contribution in [2.45, 2.75) is 0 Å². The smallest absolute Gasteiger partial charge is 0.126 e. The van der Waals surface area contributed by atoms with E-state index < -0.39 is 0 Å². The molecule has 0 radical (unpaired) electrons. The minimum absolute atomic E-state index is 0. The van der Waals surface area contributed by atoms with Gasteiger partial charge in [0, 0.05) is 11.1 Å². The molecule has 0 aromatic heterocycles. The summed E-state index contributed by atoms with van der Waals surface area (Å²) in [5.74, 6) is 0. The van der Waals surface area contributed by atoms with E-state index in [9.17, 15) is 0 Å². The fourth-order valence-electron chi connectivity index (χ4n) is 3.03. The summed E-state index contributed by atoms with van der Waals surface area (Å²) in [5, 5.41) is 24.3. The Hall–Kier alpha value is -3.97. The number of nitrogens with one attached hydrogen (secondary N) is 1. The Balaban J connectivity index is 0.000000593. The van der Waals surface area contributed by atoms with Crippen molar-refractivity contribution in [3.63, 3.8) is 0 Å². The third-order valence-corrected chi connectivity index (χ3v) is 4.62. The summed E-state index contributed by atoms with van der Waals surface area (Å²) in [6.45, 7) is 0.305. The summed E-state index contributed by atoms with van der Waals surface area (Å²) in [6.07, 6.45) is 0. The topological polar surface area (TPSA) is 110 Å². The first kappa shape index (κ1) is 35.0. The van der Waals surface area contributed by atoms with Gasteiger partial charge in [-0.1, -0.05) is 121 Å². The van der Waals surface area contributed by atoms with Gasteiger partial charge >= 0.3 is 0 Å². The molecule has 0 unspecified atom stereocenters. The molecule has 0 amide bonds. The van der Waals surface area contributed by atoms with E-state index in [1.54, 1.807) is 6.07 Å². The number of nitrogens with zero attached hydrogens (tertiary/aromatic N) is 3. The van der Waals surface area contributed by atoms with Crippen LogP contribution in [-0.4, -0.2) is 29.9 Å². The van der Waals surface area contributed by atoms with Crippen LogP contribution in [0.2, 0.25) is 0 Å². The minimum Gasteiger partial charge on any atom is -0.318 e. The third kappa shape index (κ3) is 14.5. The molecule has 5 nitrogen and oxygen atoms in total. The molecule has 3 N–H and O–H groups in total. The van der Waals surface area contributed by atoms with Gasteiger partial charge in [-0.15, -0.1) is 35.6 Å². The summed E-state index contributed by atoms with van der Waals surface area (Å²) in [7, 11) is 0. The van der Waals surface area contributed by atoms with E-state index in [2.05, 4.69) is 16.8 Å². The third-order valence-electron chi connectivity index (χ3n) is 4.62. The summed E-state index contributed by atoms with van der Waals surface area (Å²) in [5.41, 5.74) is 10.1. The van der Waals surface area contributed by atoms with Gasteiger partial charge < -0.3 is 5.73 Å². The highest BCUT2D eigenvalue weighted by Gasteiger charge is 2.05. The van der Waals surface area contributed by atoms with Crippen LogP contribution < -0.4 is 5.73 Å². The molecule has 0 atom stereocenters. The molecule has 0 heterocycles. The van der Waals surface area contributed by atoms with Gasteiger partial charge in [-0.3, -0.25) is 10.4 Å². The van der Waals surface area contributed by atoms with E-state index in [4.69, 9.17) is 39.1 Å². The van der Waals surface area contributed by atoms with Gasteiger partial charge in [0.2, 0.25) is 0 Å². The second-order valence-electron chi connectivity index (χ2n) is 7.13. The first-order valence-corrected chi connectivity index (χ1v) is 12.6. The molecule has 0 aliphatic rings. The normalized spacial score (nSPS) is 8.54. The van der Waals surface area contributed by atoms with Crippen LogP contribution in [0.15, 0.2) is 126 Å². The van der Waals surface area contributed by atoms with Gasteiger partial charge in [0.05, 0.1) is 35.4 Å². The molecule has 0 saturated carbocycles. The molecule has 0 fully saturated rings. The van der Waals surface area contributed by atoms with Crippen molar-refractivity contribution < 1.29 is 0 Å². The summed E-state index contributed by atoms with van der Waals surface area (Å²) in [6, 6.07) is 43.1. The van der Waals surface area contributed by atoms with Crippen LogP contribution in [0.3, 0.4) is 0 Å². The predicted molar refractivity (Wildman–Crippen MR) is 166 cm³/mol. The second-order valence-corrected chi connectivity index (χ2v) is 7.93. The Labute approximate surface area is 247 Å². The zero-order chi connectivity index (χ0) is 27.8. The van der Waals surface area contributed by atoms with E-state index in [0.717, 1.165) is 28.0 Å². The molecule has 39 heavy (non-hydrogen) atoms. The number of halogens is 3. The number of hydrogen-bond donors (Lipinski definition) is 2. The maximum Gasteiger partial charge on any atom is 0.126 e. The number of nitrogens with two attached hydrogens (primary N) is 1. The van der Waals surface area contributed by atoms with Crippen molar-refractivity contribution in [3.05, 3.63) is 144 Å². The van der Waals surface area contributed by atoms with Crippen LogP contribution in [0, 0.1) is 28.1 Å². The second kappa shape index (κ2) is 23.2. The van der Waals surface area contributed by atoms with Crippen LogP contribution in [0.1, 0.15) is 22.3 Å². The average molecular weight is 579 g/mol. The highest BCUT2D eigenvalue weighted by Crippen LogP contribution is 2.11. The zero-order valence-corrected chi connectivity index (χ0v) is 23.6. The quantitative estimate of drug-likeness (QED) is 0.146. The molecule has 0 aliphatic carbocycles. The van der Waals surface area contributed by atoms with E-state index in [1.807, 2.05) is 121 Å². The van der Waals surface area contributed by atoms with E-state index in [-0.39, 0.29) is 30.8 Å². The van der Waals surface area contributed by atoms with Crippen LogP contribution in [0.25, 0.3) is 0 Å². The number of aliphatic imine (C=N–C) groups is 1. The zero-order valence-electron chi connectivity index (χ0n) is 21.3. The molecule has 4 aromatic carbocycles. The first-order valence-electron chi connectivity index (χ1n) is 11.5. The summed E-state index contributed by atoms with van der Waals surface area (Å²) >= 11 is 9.53. The number of benzene rings is 4. The van der Waals surface area contributed by atoms with Crippen LogP contribution in [0.5, 0.6) is 0 Å². The first-order chi connectivity index (χ1) is 18.6. The fraction of sp³-hybridized carbons (Fsp3) is 0.0968. The Morgan fingerprint density at radius 2 is 0.923 bits per heavy atom. The molecular weight excluding hydrogens is 549 g/mol. The fourth-order valence-corrected chi connectivity index (χ4v) is 3.03. The molecule has 8 heteroatoms. The van der Waals surface area contributed by atoms with Crippen LogP contribution in [-0.2, 0) is 0 Å². The van der Waals surface area contributed by atoms with E-state index in [1.165, 1.54) is 0 Å². The molecule has 0 aliphatic heterocycles. The molecule has 0 spiro atoms. The van der Waals surface area contributed by atoms with Crippen molar-refractivity contribution in [1.29, 1.82) is 15.9 Å². The van der Waals surface area contributed by atoms with Gasteiger partial charge in [0.25, 0.3) is 0 Å². The number of nitriles is 2. The lowest BCUT2D eigenvalue weighted by Gasteiger charge is -2.06. The maximum atomic E-state index is 8.65. The number of hydrogen-bond acceptors (Lipinski definition) is 5. The van der Waals surface area contributed by atoms with Crippen molar-refractivity contribution in [1.82, 2.24) is 0 Å². The van der Waals surface area contributed by atoms with E-state index >= 15 is 0 Å². The molecule has 0 saturated heterocycles. The molecule has 4 rings (SSSR count). The van der Waals surface area contributed by atoms with Crippen molar-refractivity contribution in [3.8, 4) is 12.1 Å². The highest BCUT2D eigenvalue weighted by molar-refractivity contribution is 6.40. The van der Waals surface area contributed by atoms with Crippen LogP contribution >= 0.6 is 35.6 Å². The molecule has 4 aromatic rings. The van der Waals surface area contributed by atoms with Crippen molar-refractivity contribution >= 4 is 47.0 Å². The Bertz CT molecular complexity index is 1200. The predicted octanol–water partition coefficient (Wildman–Crippen LogP) is 7.46. The highest BCUT2D eigenvalue weighted by atomic mass is 35.5.